The summed E-state index contributed by atoms with van der Waals surface area (Å²) in [5.74, 6) is -2.90. The Morgan fingerprint density at radius 3 is 2.46 bits per heavy atom. The number of rotatable bonds is 3. The molecule has 0 amide bonds. The quantitative estimate of drug-likeness (QED) is 0.768. The van der Waals surface area contributed by atoms with Crippen LogP contribution in [0.1, 0.15) is 18.1 Å². The summed E-state index contributed by atoms with van der Waals surface area (Å²) in [5.41, 5.74) is 5.73. The highest BCUT2D eigenvalue weighted by molar-refractivity contribution is 5.31. The first-order valence-electron chi connectivity index (χ1n) is 4.28. The molecule has 1 nitrogen and oxygen atoms in total. The lowest BCUT2D eigenvalue weighted by Crippen LogP contribution is -2.26. The van der Waals surface area contributed by atoms with Crippen molar-refractivity contribution in [2.75, 3.05) is 6.54 Å². The Morgan fingerprint density at radius 2 is 1.92 bits per heavy atom. The van der Waals surface area contributed by atoms with Crippen molar-refractivity contribution in [3.63, 3.8) is 0 Å². The molecule has 1 rings (SSSR count). The normalized spacial score (nSPS) is 11.7. The van der Waals surface area contributed by atoms with Crippen LogP contribution in [0.3, 0.4) is 0 Å². The van der Waals surface area contributed by atoms with Gasteiger partial charge < -0.3 is 5.73 Å². The van der Waals surface area contributed by atoms with Gasteiger partial charge in [0.2, 0.25) is 0 Å². The van der Waals surface area contributed by atoms with E-state index in [4.69, 9.17) is 5.73 Å². The molecule has 0 aromatic heterocycles. The van der Waals surface area contributed by atoms with E-state index >= 15 is 0 Å². The molecule has 2 N–H and O–H groups in total. The molecule has 0 fully saturated rings. The Kier molecular flexibility index (Phi) is 2.98. The van der Waals surface area contributed by atoms with Gasteiger partial charge in [0, 0.05) is 5.56 Å². The average molecular weight is 185 g/mol. The molecule has 1 aromatic rings. The maximum absolute atomic E-state index is 13.2. The Labute approximate surface area is 76.6 Å². The van der Waals surface area contributed by atoms with Crippen molar-refractivity contribution in [2.45, 2.75) is 19.3 Å². The van der Waals surface area contributed by atoms with Crippen molar-refractivity contribution < 1.29 is 8.78 Å². The zero-order valence-electron chi connectivity index (χ0n) is 7.56. The van der Waals surface area contributed by atoms with E-state index in [2.05, 4.69) is 0 Å². The summed E-state index contributed by atoms with van der Waals surface area (Å²) in [5, 5.41) is 0. The number of hydrogen-bond acceptors (Lipinski definition) is 1. The van der Waals surface area contributed by atoms with E-state index in [1.165, 1.54) is 6.07 Å². The maximum Gasteiger partial charge on any atom is 0.285 e. The highest BCUT2D eigenvalue weighted by Crippen LogP contribution is 2.29. The van der Waals surface area contributed by atoms with Crippen LogP contribution in [0.4, 0.5) is 8.78 Å². The number of aryl methyl sites for hydroxylation is 1. The van der Waals surface area contributed by atoms with Crippen molar-refractivity contribution in [2.24, 2.45) is 5.73 Å². The molecule has 13 heavy (non-hydrogen) atoms. The van der Waals surface area contributed by atoms with E-state index in [1.807, 2.05) is 6.92 Å². The van der Waals surface area contributed by atoms with Crippen LogP contribution in [0.15, 0.2) is 24.3 Å². The van der Waals surface area contributed by atoms with Gasteiger partial charge in [-0.1, -0.05) is 31.2 Å². The van der Waals surface area contributed by atoms with Crippen LogP contribution in [-0.4, -0.2) is 6.54 Å². The summed E-state index contributed by atoms with van der Waals surface area (Å²) in [7, 11) is 0. The lowest BCUT2D eigenvalue weighted by atomic mass is 10.00. The fourth-order valence-electron chi connectivity index (χ4n) is 1.30. The van der Waals surface area contributed by atoms with Gasteiger partial charge in [0.15, 0.2) is 0 Å². The van der Waals surface area contributed by atoms with Gasteiger partial charge in [0.25, 0.3) is 5.92 Å². The number of halogens is 2. The molecule has 0 spiro atoms. The maximum atomic E-state index is 13.2. The molecule has 0 heterocycles. The Balaban J connectivity index is 3.12. The average Bonchev–Trinajstić information content (AvgIpc) is 2.18. The highest BCUT2D eigenvalue weighted by atomic mass is 19.3. The minimum absolute atomic E-state index is 0.0556. The standard InChI is InChI=1S/C10H13F2N/c1-2-8-5-3-4-6-9(8)10(11,12)7-13/h3-6H,2,7,13H2,1H3. The van der Waals surface area contributed by atoms with Gasteiger partial charge in [-0.15, -0.1) is 0 Å². The summed E-state index contributed by atoms with van der Waals surface area (Å²) in [6.45, 7) is 1.22. The second-order valence-corrected chi connectivity index (χ2v) is 2.92. The molecule has 0 unspecified atom stereocenters. The van der Waals surface area contributed by atoms with E-state index < -0.39 is 12.5 Å². The van der Waals surface area contributed by atoms with Gasteiger partial charge in [-0.05, 0) is 12.0 Å². The number of alkyl halides is 2. The van der Waals surface area contributed by atoms with Crippen LogP contribution in [0, 0.1) is 0 Å². The number of benzene rings is 1. The van der Waals surface area contributed by atoms with Gasteiger partial charge in [-0.25, -0.2) is 0 Å². The third-order valence-corrected chi connectivity index (χ3v) is 2.05. The predicted molar refractivity (Wildman–Crippen MR) is 48.8 cm³/mol. The van der Waals surface area contributed by atoms with E-state index in [9.17, 15) is 8.78 Å². The SMILES string of the molecule is CCc1ccccc1C(F)(F)CN. The molecular weight excluding hydrogens is 172 g/mol. The van der Waals surface area contributed by atoms with Crippen LogP contribution in [0.5, 0.6) is 0 Å². The first kappa shape index (κ1) is 10.1. The van der Waals surface area contributed by atoms with Crippen LogP contribution in [-0.2, 0) is 12.3 Å². The van der Waals surface area contributed by atoms with Crippen LogP contribution < -0.4 is 5.73 Å². The lowest BCUT2D eigenvalue weighted by Gasteiger charge is -2.17. The third kappa shape index (κ3) is 2.04. The van der Waals surface area contributed by atoms with Gasteiger partial charge >= 0.3 is 0 Å². The Bertz CT molecular complexity index is 284. The molecular formula is C10H13F2N. The Morgan fingerprint density at radius 1 is 1.31 bits per heavy atom. The fraction of sp³-hybridized carbons (Fsp3) is 0.400. The van der Waals surface area contributed by atoms with Gasteiger partial charge in [0.05, 0.1) is 6.54 Å². The molecule has 0 aliphatic heterocycles. The number of hydrogen-bond donors (Lipinski definition) is 1. The van der Waals surface area contributed by atoms with Crippen molar-refractivity contribution in [1.29, 1.82) is 0 Å². The highest BCUT2D eigenvalue weighted by Gasteiger charge is 2.31. The molecule has 0 bridgehead atoms. The summed E-state index contributed by atoms with van der Waals surface area (Å²) in [6, 6.07) is 6.51. The zero-order chi connectivity index (χ0) is 9.90. The second kappa shape index (κ2) is 3.83. The molecule has 1 aromatic carbocycles. The Hall–Kier alpha value is -0.960. The van der Waals surface area contributed by atoms with Crippen LogP contribution in [0.2, 0.25) is 0 Å². The van der Waals surface area contributed by atoms with Crippen LogP contribution in [0.25, 0.3) is 0 Å². The molecule has 3 heteroatoms. The van der Waals surface area contributed by atoms with E-state index in [0.29, 0.717) is 12.0 Å². The first-order chi connectivity index (χ1) is 6.11. The zero-order valence-corrected chi connectivity index (χ0v) is 7.56. The molecule has 72 valence electrons. The molecule has 0 radical (unpaired) electrons. The topological polar surface area (TPSA) is 26.0 Å². The van der Waals surface area contributed by atoms with Gasteiger partial charge in [-0.3, -0.25) is 0 Å². The monoisotopic (exact) mass is 185 g/mol. The molecule has 0 aliphatic rings. The van der Waals surface area contributed by atoms with Crippen molar-refractivity contribution in [1.82, 2.24) is 0 Å². The summed E-state index contributed by atoms with van der Waals surface area (Å²) in [4.78, 5) is 0. The van der Waals surface area contributed by atoms with E-state index in [-0.39, 0.29) is 5.56 Å². The molecule has 0 saturated heterocycles. The third-order valence-electron chi connectivity index (χ3n) is 2.05. The minimum atomic E-state index is -2.90. The summed E-state index contributed by atoms with van der Waals surface area (Å²) < 4.78 is 26.4. The summed E-state index contributed by atoms with van der Waals surface area (Å²) in [6.07, 6.45) is 0.603. The van der Waals surface area contributed by atoms with Crippen molar-refractivity contribution in [3.05, 3.63) is 35.4 Å². The minimum Gasteiger partial charge on any atom is -0.325 e. The number of nitrogens with two attached hydrogens (primary N) is 1. The first-order valence-corrected chi connectivity index (χ1v) is 4.28. The van der Waals surface area contributed by atoms with E-state index in [1.54, 1.807) is 18.2 Å². The van der Waals surface area contributed by atoms with E-state index in [0.717, 1.165) is 0 Å². The lowest BCUT2D eigenvalue weighted by molar-refractivity contribution is 0.00510. The summed E-state index contributed by atoms with van der Waals surface area (Å²) >= 11 is 0. The fourth-order valence-corrected chi connectivity index (χ4v) is 1.30. The van der Waals surface area contributed by atoms with Gasteiger partial charge in [0.1, 0.15) is 0 Å². The van der Waals surface area contributed by atoms with Crippen molar-refractivity contribution in [3.8, 4) is 0 Å². The molecule has 0 atom stereocenters. The smallest absolute Gasteiger partial charge is 0.285 e. The van der Waals surface area contributed by atoms with Crippen molar-refractivity contribution >= 4 is 0 Å². The predicted octanol–water partition coefficient (Wildman–Crippen LogP) is 2.30. The largest absolute Gasteiger partial charge is 0.325 e. The van der Waals surface area contributed by atoms with Gasteiger partial charge in [-0.2, -0.15) is 8.78 Å². The molecule has 0 aliphatic carbocycles. The second-order valence-electron chi connectivity index (χ2n) is 2.92. The van der Waals surface area contributed by atoms with Crippen LogP contribution >= 0.6 is 0 Å². The molecule has 0 saturated carbocycles.